The molecule has 1 nitrogen and oxygen atoms in total. The van der Waals surface area contributed by atoms with Crippen LogP contribution in [0.15, 0.2) is 6.07 Å². The van der Waals surface area contributed by atoms with Gasteiger partial charge in [-0.15, -0.1) is 17.8 Å². The van der Waals surface area contributed by atoms with Gasteiger partial charge in [-0.3, -0.25) is 5.32 Å². The number of aryl methyl sites for hydroxylation is 2. The van der Waals surface area contributed by atoms with Gasteiger partial charge in [-0.25, -0.2) is 0 Å². The van der Waals surface area contributed by atoms with Gasteiger partial charge in [-0.2, -0.15) is 0 Å². The highest BCUT2D eigenvalue weighted by Crippen LogP contribution is 2.25. The Morgan fingerprint density at radius 3 is 2.69 bits per heavy atom. The molecule has 1 N–H and O–H groups in total. The first kappa shape index (κ1) is 10.3. The summed E-state index contributed by atoms with van der Waals surface area (Å²) in [6, 6.07) is 2.26. The highest BCUT2D eigenvalue weighted by atomic mass is 32.1. The van der Waals surface area contributed by atoms with Crippen molar-refractivity contribution in [1.82, 2.24) is 5.32 Å². The smallest absolute Gasteiger partial charge is 0.104 e. The summed E-state index contributed by atoms with van der Waals surface area (Å²) in [5, 5.41) is 3.26. The summed E-state index contributed by atoms with van der Waals surface area (Å²) in [7, 11) is 0. The largest absolute Gasteiger partial charge is 0.300 e. The van der Waals surface area contributed by atoms with Crippen LogP contribution in [0.1, 0.15) is 28.3 Å². The minimum Gasteiger partial charge on any atom is -0.300 e. The first-order chi connectivity index (χ1) is 6.19. The number of hydrogen-bond donors (Lipinski definition) is 1. The molecule has 1 aromatic rings. The molecule has 2 heteroatoms. The van der Waals surface area contributed by atoms with Crippen LogP contribution in [0, 0.1) is 26.2 Å². The monoisotopic (exact) mass is 193 g/mol. The Hall–Kier alpha value is -0.780. The highest BCUT2D eigenvalue weighted by Gasteiger charge is 2.10. The summed E-state index contributed by atoms with van der Waals surface area (Å²) in [6.45, 7) is 7.22. The average molecular weight is 193 g/mol. The zero-order chi connectivity index (χ0) is 9.84. The van der Waals surface area contributed by atoms with E-state index < -0.39 is 0 Å². The van der Waals surface area contributed by atoms with Gasteiger partial charge in [-0.1, -0.05) is 12.8 Å². The lowest BCUT2D eigenvalue weighted by Gasteiger charge is -2.07. The molecule has 1 atom stereocenters. The van der Waals surface area contributed by atoms with Gasteiger partial charge in [0.25, 0.3) is 0 Å². The van der Waals surface area contributed by atoms with E-state index >= 15 is 0 Å². The van der Waals surface area contributed by atoms with Crippen LogP contribution in [-0.4, -0.2) is 6.54 Å². The third kappa shape index (κ3) is 2.33. The number of nitrogens with one attached hydrogen (secondary N) is 1. The lowest BCUT2D eigenvalue weighted by Crippen LogP contribution is -2.17. The summed E-state index contributed by atoms with van der Waals surface area (Å²) in [5.41, 5.74) is 1.33. The molecule has 0 aliphatic rings. The summed E-state index contributed by atoms with van der Waals surface area (Å²) in [6.07, 6.45) is 5.44. The fourth-order valence-corrected chi connectivity index (χ4v) is 2.27. The molecule has 1 heterocycles. The molecule has 0 spiro atoms. The minimum absolute atomic E-state index is 0.0856. The molecule has 0 saturated carbocycles. The van der Waals surface area contributed by atoms with Gasteiger partial charge in [0.2, 0.25) is 0 Å². The van der Waals surface area contributed by atoms with E-state index in [1.807, 2.05) is 0 Å². The van der Waals surface area contributed by atoms with E-state index in [4.69, 9.17) is 6.42 Å². The lowest BCUT2D eigenvalue weighted by molar-refractivity contribution is 0.674. The maximum Gasteiger partial charge on any atom is 0.104 e. The third-order valence-corrected chi connectivity index (χ3v) is 3.26. The fraction of sp³-hybridized carbons (Fsp3) is 0.455. The molecule has 1 unspecified atom stereocenters. The second-order valence-electron chi connectivity index (χ2n) is 3.05. The minimum atomic E-state index is 0.0856. The molecule has 0 fully saturated rings. The van der Waals surface area contributed by atoms with Gasteiger partial charge in [-0.05, 0) is 32.0 Å². The molecular formula is C11H15NS. The van der Waals surface area contributed by atoms with E-state index in [9.17, 15) is 0 Å². The van der Waals surface area contributed by atoms with Crippen molar-refractivity contribution in [2.75, 3.05) is 6.54 Å². The first-order valence-electron chi connectivity index (χ1n) is 4.45. The molecule has 0 aromatic carbocycles. The lowest BCUT2D eigenvalue weighted by atomic mass is 10.2. The van der Waals surface area contributed by atoms with Crippen LogP contribution in [0.2, 0.25) is 0 Å². The molecule has 1 rings (SSSR count). The van der Waals surface area contributed by atoms with Crippen molar-refractivity contribution in [1.29, 1.82) is 0 Å². The van der Waals surface area contributed by atoms with E-state index in [0.717, 1.165) is 6.54 Å². The Kier molecular flexibility index (Phi) is 3.53. The predicted molar refractivity (Wildman–Crippen MR) is 59.0 cm³/mol. The Labute approximate surface area is 84.2 Å². The topological polar surface area (TPSA) is 12.0 Å². The molecule has 0 bridgehead atoms. The van der Waals surface area contributed by atoms with Gasteiger partial charge < -0.3 is 0 Å². The van der Waals surface area contributed by atoms with Gasteiger partial charge in [0.15, 0.2) is 0 Å². The molecule has 70 valence electrons. The standard InChI is InChI=1S/C11H15NS/c1-5-10(12-6-2)11-7-8(3)9(4)13-11/h1,7,10,12H,6H2,2-4H3. The molecule has 0 aliphatic heterocycles. The Morgan fingerprint density at radius 1 is 1.62 bits per heavy atom. The fourth-order valence-electron chi connectivity index (χ4n) is 1.19. The summed E-state index contributed by atoms with van der Waals surface area (Å²) < 4.78 is 0. The quantitative estimate of drug-likeness (QED) is 0.728. The second kappa shape index (κ2) is 4.45. The molecule has 13 heavy (non-hydrogen) atoms. The van der Waals surface area contributed by atoms with Crippen molar-refractivity contribution in [3.8, 4) is 12.3 Å². The summed E-state index contributed by atoms with van der Waals surface area (Å²) >= 11 is 1.78. The first-order valence-corrected chi connectivity index (χ1v) is 5.27. The number of thiophene rings is 1. The van der Waals surface area contributed by atoms with E-state index in [-0.39, 0.29) is 6.04 Å². The van der Waals surface area contributed by atoms with Gasteiger partial charge in [0, 0.05) is 9.75 Å². The van der Waals surface area contributed by atoms with Crippen molar-refractivity contribution in [3.63, 3.8) is 0 Å². The van der Waals surface area contributed by atoms with E-state index in [2.05, 4.69) is 38.1 Å². The molecule has 1 aromatic heterocycles. The third-order valence-electron chi connectivity index (χ3n) is 2.04. The van der Waals surface area contributed by atoms with E-state index in [1.54, 1.807) is 11.3 Å². The van der Waals surface area contributed by atoms with Crippen LogP contribution in [0.3, 0.4) is 0 Å². The Balaban J connectivity index is 2.87. The SMILES string of the molecule is C#CC(NCC)c1cc(C)c(C)s1. The maximum atomic E-state index is 5.44. The van der Waals surface area contributed by atoms with Crippen molar-refractivity contribution < 1.29 is 0 Å². The second-order valence-corrected chi connectivity index (χ2v) is 4.33. The summed E-state index contributed by atoms with van der Waals surface area (Å²) in [5.74, 6) is 2.76. The van der Waals surface area contributed by atoms with Crippen molar-refractivity contribution in [3.05, 3.63) is 21.4 Å². The summed E-state index contributed by atoms with van der Waals surface area (Å²) in [4.78, 5) is 2.60. The zero-order valence-corrected chi connectivity index (χ0v) is 9.16. The van der Waals surface area contributed by atoms with Crippen LogP contribution in [0.5, 0.6) is 0 Å². The number of rotatable bonds is 3. The predicted octanol–water partition coefficient (Wildman–Crippen LogP) is 2.65. The average Bonchev–Trinajstić information content (AvgIpc) is 2.43. The zero-order valence-electron chi connectivity index (χ0n) is 8.35. The van der Waals surface area contributed by atoms with Crippen LogP contribution >= 0.6 is 11.3 Å². The Morgan fingerprint density at radius 2 is 2.31 bits per heavy atom. The highest BCUT2D eigenvalue weighted by molar-refractivity contribution is 7.12. The van der Waals surface area contributed by atoms with Crippen molar-refractivity contribution in [2.45, 2.75) is 26.8 Å². The Bertz CT molecular complexity index is 300. The van der Waals surface area contributed by atoms with Gasteiger partial charge in [0.1, 0.15) is 6.04 Å². The molecular weight excluding hydrogens is 178 g/mol. The normalized spacial score (nSPS) is 12.5. The number of terminal acetylenes is 1. The van der Waals surface area contributed by atoms with Crippen molar-refractivity contribution in [2.24, 2.45) is 0 Å². The van der Waals surface area contributed by atoms with Crippen LogP contribution in [0.4, 0.5) is 0 Å². The van der Waals surface area contributed by atoms with Gasteiger partial charge >= 0.3 is 0 Å². The maximum absolute atomic E-state index is 5.44. The van der Waals surface area contributed by atoms with Gasteiger partial charge in [0.05, 0.1) is 0 Å². The molecule has 0 aliphatic carbocycles. The number of hydrogen-bond acceptors (Lipinski definition) is 2. The van der Waals surface area contributed by atoms with E-state index in [0.29, 0.717) is 0 Å². The molecule has 0 amide bonds. The van der Waals surface area contributed by atoms with Crippen LogP contribution < -0.4 is 5.32 Å². The van der Waals surface area contributed by atoms with Crippen LogP contribution in [0.25, 0.3) is 0 Å². The van der Waals surface area contributed by atoms with Crippen molar-refractivity contribution >= 4 is 11.3 Å². The molecule has 0 saturated heterocycles. The van der Waals surface area contributed by atoms with Crippen LogP contribution in [-0.2, 0) is 0 Å². The van der Waals surface area contributed by atoms with E-state index in [1.165, 1.54) is 15.3 Å². The molecule has 0 radical (unpaired) electrons.